The first-order valence-electron chi connectivity index (χ1n) is 9.05. The molecule has 1 aromatic carbocycles. The zero-order valence-electron chi connectivity index (χ0n) is 14.9. The van der Waals surface area contributed by atoms with Gasteiger partial charge in [0.25, 0.3) is 0 Å². The topological polar surface area (TPSA) is 52.7 Å². The molecular weight excluding hydrogens is 338 g/mol. The number of nitrogens with zero attached hydrogens (tertiary/aromatic N) is 2. The fraction of sp³-hybridized carbons (Fsp3) is 0.579. The van der Waals surface area contributed by atoms with E-state index in [0.29, 0.717) is 31.2 Å². The molecule has 2 aliphatic rings. The van der Waals surface area contributed by atoms with Gasteiger partial charge in [0.15, 0.2) is 0 Å². The minimum atomic E-state index is -0.0628. The average molecular weight is 364 g/mol. The molecule has 2 fully saturated rings. The summed E-state index contributed by atoms with van der Waals surface area (Å²) in [5, 5.41) is 3.83. The van der Waals surface area contributed by atoms with Crippen LogP contribution in [0.25, 0.3) is 0 Å². The van der Waals surface area contributed by atoms with Gasteiger partial charge in [-0.2, -0.15) is 0 Å². The third-order valence-electron chi connectivity index (χ3n) is 4.98. The van der Waals surface area contributed by atoms with Crippen molar-refractivity contribution in [2.45, 2.75) is 32.7 Å². The molecule has 0 aromatic heterocycles. The van der Waals surface area contributed by atoms with Crippen molar-refractivity contribution in [2.75, 3.05) is 26.2 Å². The van der Waals surface area contributed by atoms with Gasteiger partial charge in [-0.25, -0.2) is 4.79 Å². The summed E-state index contributed by atoms with van der Waals surface area (Å²) in [7, 11) is 0. The van der Waals surface area contributed by atoms with Crippen molar-refractivity contribution in [3.05, 3.63) is 34.9 Å². The molecule has 1 aliphatic heterocycles. The molecule has 1 N–H and O–H groups in total. The molecule has 3 rings (SSSR count). The van der Waals surface area contributed by atoms with E-state index in [1.54, 1.807) is 0 Å². The number of nitrogens with one attached hydrogen (secondary N) is 1. The van der Waals surface area contributed by atoms with E-state index >= 15 is 0 Å². The number of hydrogen-bond acceptors (Lipinski definition) is 2. The number of hydrogen-bond donors (Lipinski definition) is 1. The van der Waals surface area contributed by atoms with Gasteiger partial charge in [-0.15, -0.1) is 0 Å². The highest BCUT2D eigenvalue weighted by molar-refractivity contribution is 6.30. The maximum Gasteiger partial charge on any atom is 0.318 e. The van der Waals surface area contributed by atoms with Gasteiger partial charge in [-0.1, -0.05) is 37.6 Å². The smallest absolute Gasteiger partial charge is 0.318 e. The first kappa shape index (κ1) is 18.1. The molecule has 3 amide bonds. The molecule has 1 heterocycles. The Labute approximate surface area is 154 Å². The van der Waals surface area contributed by atoms with Crippen molar-refractivity contribution in [1.82, 2.24) is 15.1 Å². The van der Waals surface area contributed by atoms with Gasteiger partial charge in [0, 0.05) is 37.1 Å². The van der Waals surface area contributed by atoms with E-state index in [4.69, 9.17) is 11.6 Å². The number of benzene rings is 1. The van der Waals surface area contributed by atoms with Crippen molar-refractivity contribution >= 4 is 23.5 Å². The molecule has 0 unspecified atom stereocenters. The summed E-state index contributed by atoms with van der Waals surface area (Å²) in [6.07, 6.45) is 2.05. The van der Waals surface area contributed by atoms with Crippen molar-refractivity contribution < 1.29 is 9.59 Å². The van der Waals surface area contributed by atoms with Crippen LogP contribution in [0.3, 0.4) is 0 Å². The van der Waals surface area contributed by atoms with Crippen LogP contribution in [0.2, 0.25) is 5.02 Å². The van der Waals surface area contributed by atoms with Crippen LogP contribution in [0.1, 0.15) is 38.3 Å². The number of piperazine rings is 1. The molecule has 1 atom stereocenters. The monoisotopic (exact) mass is 363 g/mol. The molecule has 1 saturated heterocycles. The van der Waals surface area contributed by atoms with Crippen LogP contribution >= 0.6 is 11.6 Å². The number of amides is 3. The molecule has 25 heavy (non-hydrogen) atoms. The lowest BCUT2D eigenvalue weighted by atomic mass is 9.96. The Morgan fingerprint density at radius 2 is 1.60 bits per heavy atom. The van der Waals surface area contributed by atoms with Crippen LogP contribution in [0.4, 0.5) is 4.79 Å². The van der Waals surface area contributed by atoms with E-state index in [0.717, 1.165) is 18.4 Å². The fourth-order valence-corrected chi connectivity index (χ4v) is 3.37. The van der Waals surface area contributed by atoms with Gasteiger partial charge >= 0.3 is 6.03 Å². The largest absolute Gasteiger partial charge is 0.339 e. The molecule has 6 heteroatoms. The van der Waals surface area contributed by atoms with Crippen LogP contribution in [-0.2, 0) is 4.79 Å². The normalized spacial score (nSPS) is 19.0. The Bertz CT molecular complexity index is 620. The summed E-state index contributed by atoms with van der Waals surface area (Å²) >= 11 is 5.96. The highest BCUT2D eigenvalue weighted by Gasteiger charge is 2.35. The summed E-state index contributed by atoms with van der Waals surface area (Å²) < 4.78 is 0. The molecule has 1 aliphatic carbocycles. The number of halogens is 1. The van der Waals surface area contributed by atoms with Gasteiger partial charge < -0.3 is 15.1 Å². The van der Waals surface area contributed by atoms with Crippen molar-refractivity contribution in [3.63, 3.8) is 0 Å². The molecular formula is C19H26ClN3O2. The number of urea groups is 1. The van der Waals surface area contributed by atoms with Crippen molar-refractivity contribution in [1.29, 1.82) is 0 Å². The molecule has 136 valence electrons. The Morgan fingerprint density at radius 1 is 1.04 bits per heavy atom. The summed E-state index contributed by atoms with van der Waals surface area (Å²) in [5.41, 5.74) is 1.05. The minimum absolute atomic E-state index is 0.0594. The van der Waals surface area contributed by atoms with Crippen LogP contribution in [0, 0.1) is 11.8 Å². The zero-order chi connectivity index (χ0) is 18.0. The van der Waals surface area contributed by atoms with Gasteiger partial charge in [-0.05, 0) is 36.5 Å². The lowest BCUT2D eigenvalue weighted by Gasteiger charge is -2.36. The number of carbonyl (C=O) groups is 2. The average Bonchev–Trinajstić information content (AvgIpc) is 3.45. The fourth-order valence-electron chi connectivity index (χ4n) is 3.25. The van der Waals surface area contributed by atoms with E-state index in [1.165, 1.54) is 0 Å². The molecule has 5 nitrogen and oxygen atoms in total. The van der Waals surface area contributed by atoms with E-state index < -0.39 is 0 Å². The molecule has 0 spiro atoms. The van der Waals surface area contributed by atoms with Gasteiger partial charge in [0.2, 0.25) is 5.91 Å². The second kappa shape index (κ2) is 7.65. The molecule has 1 saturated carbocycles. The van der Waals surface area contributed by atoms with Gasteiger partial charge in [-0.3, -0.25) is 4.79 Å². The van der Waals surface area contributed by atoms with E-state index in [-0.39, 0.29) is 29.8 Å². The number of rotatable bonds is 4. The Morgan fingerprint density at radius 3 is 2.12 bits per heavy atom. The Balaban J connectivity index is 1.56. The minimum Gasteiger partial charge on any atom is -0.339 e. The third-order valence-corrected chi connectivity index (χ3v) is 5.23. The maximum absolute atomic E-state index is 12.7. The summed E-state index contributed by atoms with van der Waals surface area (Å²) in [5.74, 6) is 0.778. The molecule has 0 bridgehead atoms. The predicted molar refractivity (Wildman–Crippen MR) is 98.4 cm³/mol. The Kier molecular flexibility index (Phi) is 5.52. The number of carbonyl (C=O) groups excluding carboxylic acids is 2. The first-order chi connectivity index (χ1) is 12.0. The van der Waals surface area contributed by atoms with Crippen LogP contribution < -0.4 is 5.32 Å². The van der Waals surface area contributed by atoms with E-state index in [2.05, 4.69) is 19.2 Å². The van der Waals surface area contributed by atoms with E-state index in [9.17, 15) is 9.59 Å². The highest BCUT2D eigenvalue weighted by Crippen LogP contribution is 2.31. The standard InChI is InChI=1S/C19H26ClN3O2/c1-13(2)17(14-5-7-16(20)8-6-14)21-19(25)23-11-9-22(10-12-23)18(24)15-3-4-15/h5-8,13,15,17H,3-4,9-12H2,1-2H3,(H,21,25)/t17-/m1/s1. The Hall–Kier alpha value is -1.75. The van der Waals surface area contributed by atoms with Crippen molar-refractivity contribution in [3.8, 4) is 0 Å². The van der Waals surface area contributed by atoms with Crippen molar-refractivity contribution in [2.24, 2.45) is 11.8 Å². The van der Waals surface area contributed by atoms with E-state index in [1.807, 2.05) is 34.1 Å². The van der Waals surface area contributed by atoms with Crippen LogP contribution in [-0.4, -0.2) is 47.9 Å². The van der Waals surface area contributed by atoms with Gasteiger partial charge in [0.05, 0.1) is 6.04 Å². The second-order valence-corrected chi connectivity index (χ2v) is 7.75. The predicted octanol–water partition coefficient (Wildman–Crippen LogP) is 3.30. The first-order valence-corrected chi connectivity index (χ1v) is 9.43. The molecule has 1 aromatic rings. The highest BCUT2D eigenvalue weighted by atomic mass is 35.5. The lowest BCUT2D eigenvalue weighted by molar-refractivity contribution is -0.133. The SMILES string of the molecule is CC(C)[C@@H](NC(=O)N1CCN(C(=O)C2CC2)CC1)c1ccc(Cl)cc1. The molecule has 0 radical (unpaired) electrons. The zero-order valence-corrected chi connectivity index (χ0v) is 15.6. The van der Waals surface area contributed by atoms with Crippen LogP contribution in [0.15, 0.2) is 24.3 Å². The summed E-state index contributed by atoms with van der Waals surface area (Å²) in [4.78, 5) is 28.5. The lowest BCUT2D eigenvalue weighted by Crippen LogP contribution is -2.54. The van der Waals surface area contributed by atoms with Crippen LogP contribution in [0.5, 0.6) is 0 Å². The summed E-state index contributed by atoms with van der Waals surface area (Å²) in [6, 6.07) is 7.49. The quantitative estimate of drug-likeness (QED) is 0.892. The third kappa shape index (κ3) is 4.46. The summed E-state index contributed by atoms with van der Waals surface area (Å²) in [6.45, 7) is 6.63. The maximum atomic E-state index is 12.7. The van der Waals surface area contributed by atoms with Gasteiger partial charge in [0.1, 0.15) is 0 Å². The second-order valence-electron chi connectivity index (χ2n) is 7.31.